The van der Waals surface area contributed by atoms with Crippen molar-refractivity contribution < 1.29 is 18.3 Å². The van der Waals surface area contributed by atoms with E-state index in [1.807, 2.05) is 0 Å². The molecule has 0 aliphatic heterocycles. The molecular weight excluding hydrogens is 164 g/mol. The quantitative estimate of drug-likeness (QED) is 0.592. The lowest BCUT2D eigenvalue weighted by Gasteiger charge is -1.89. The SMILES string of the molecule is CS(=O)(=O)SCC(=O)O. The largest absolute Gasteiger partial charge is 0.481 e. The molecule has 0 fully saturated rings. The first kappa shape index (κ1) is 8.77. The molecule has 0 unspecified atom stereocenters. The number of carboxylic acid groups (broad SMARTS) is 1. The van der Waals surface area contributed by atoms with Crippen molar-refractivity contribution in [2.75, 3.05) is 12.0 Å². The van der Waals surface area contributed by atoms with Crippen LogP contribution in [0.25, 0.3) is 0 Å². The van der Waals surface area contributed by atoms with Crippen molar-refractivity contribution in [2.45, 2.75) is 0 Å². The molecule has 0 aliphatic rings. The van der Waals surface area contributed by atoms with Gasteiger partial charge in [0, 0.05) is 6.26 Å². The van der Waals surface area contributed by atoms with Crippen LogP contribution >= 0.6 is 10.8 Å². The first-order valence-electron chi connectivity index (χ1n) is 1.98. The molecule has 0 aromatic carbocycles. The van der Waals surface area contributed by atoms with Crippen LogP contribution in [0, 0.1) is 0 Å². The van der Waals surface area contributed by atoms with Crippen molar-refractivity contribution in [1.29, 1.82) is 0 Å². The smallest absolute Gasteiger partial charge is 0.314 e. The van der Waals surface area contributed by atoms with Gasteiger partial charge < -0.3 is 5.11 Å². The molecule has 0 rings (SSSR count). The molecule has 0 aliphatic carbocycles. The molecule has 0 bridgehead atoms. The second kappa shape index (κ2) is 3.07. The van der Waals surface area contributed by atoms with Crippen molar-refractivity contribution in [3.8, 4) is 0 Å². The van der Waals surface area contributed by atoms with Gasteiger partial charge in [-0.05, 0) is 10.8 Å². The summed E-state index contributed by atoms with van der Waals surface area (Å²) >= 11 is 0. The lowest BCUT2D eigenvalue weighted by molar-refractivity contribution is -0.133. The maximum atomic E-state index is 10.2. The maximum absolute atomic E-state index is 10.2. The van der Waals surface area contributed by atoms with Crippen molar-refractivity contribution in [3.05, 3.63) is 0 Å². The zero-order valence-corrected chi connectivity index (χ0v) is 6.33. The molecule has 9 heavy (non-hydrogen) atoms. The molecule has 4 nitrogen and oxygen atoms in total. The zero-order chi connectivity index (χ0) is 7.49. The number of aliphatic carboxylic acids is 1. The second-order valence-electron chi connectivity index (χ2n) is 1.36. The van der Waals surface area contributed by atoms with Crippen LogP contribution in [0.1, 0.15) is 0 Å². The minimum absolute atomic E-state index is 0.390. The summed E-state index contributed by atoms with van der Waals surface area (Å²) in [5.41, 5.74) is 0. The minimum atomic E-state index is -3.18. The summed E-state index contributed by atoms with van der Waals surface area (Å²) in [5.74, 6) is -1.51. The monoisotopic (exact) mass is 170 g/mol. The van der Waals surface area contributed by atoms with Gasteiger partial charge in [-0.25, -0.2) is 8.42 Å². The summed E-state index contributed by atoms with van der Waals surface area (Å²) in [4.78, 5) is 9.76. The highest BCUT2D eigenvalue weighted by Gasteiger charge is 2.05. The third-order valence-electron chi connectivity index (χ3n) is 0.396. The Morgan fingerprint density at radius 2 is 2.11 bits per heavy atom. The Balaban J connectivity index is 3.67. The van der Waals surface area contributed by atoms with E-state index in [1.54, 1.807) is 0 Å². The molecule has 0 spiro atoms. The van der Waals surface area contributed by atoms with Crippen molar-refractivity contribution >= 4 is 25.6 Å². The van der Waals surface area contributed by atoms with E-state index in [0.29, 0.717) is 10.8 Å². The molecule has 0 radical (unpaired) electrons. The minimum Gasteiger partial charge on any atom is -0.481 e. The summed E-state index contributed by atoms with van der Waals surface area (Å²) in [6, 6.07) is 0. The molecule has 0 atom stereocenters. The molecule has 0 saturated heterocycles. The van der Waals surface area contributed by atoms with Gasteiger partial charge in [0.15, 0.2) is 8.87 Å². The fourth-order valence-corrected chi connectivity index (χ4v) is 1.42. The van der Waals surface area contributed by atoms with Gasteiger partial charge in [-0.3, -0.25) is 4.79 Å². The second-order valence-corrected chi connectivity index (χ2v) is 5.82. The Bertz CT molecular complexity index is 192. The van der Waals surface area contributed by atoms with Crippen LogP contribution in [0.15, 0.2) is 0 Å². The van der Waals surface area contributed by atoms with E-state index in [-0.39, 0.29) is 0 Å². The predicted octanol–water partition coefficient (Wildman–Crippen LogP) is -0.236. The highest BCUT2D eigenvalue weighted by molar-refractivity contribution is 8.72. The number of carbonyl (C=O) groups is 1. The van der Waals surface area contributed by atoms with Crippen LogP contribution in [0.5, 0.6) is 0 Å². The number of hydrogen-bond donors (Lipinski definition) is 1. The molecule has 54 valence electrons. The van der Waals surface area contributed by atoms with E-state index < -0.39 is 20.6 Å². The van der Waals surface area contributed by atoms with E-state index in [9.17, 15) is 13.2 Å². The molecule has 0 aromatic heterocycles. The first-order chi connectivity index (χ1) is 3.92. The summed E-state index contributed by atoms with van der Waals surface area (Å²) in [6.45, 7) is 0. The van der Waals surface area contributed by atoms with Crippen LogP contribution in [0.2, 0.25) is 0 Å². The van der Waals surface area contributed by atoms with Gasteiger partial charge in [-0.1, -0.05) is 0 Å². The van der Waals surface area contributed by atoms with Crippen LogP contribution in [0.4, 0.5) is 0 Å². The Morgan fingerprint density at radius 1 is 1.67 bits per heavy atom. The van der Waals surface area contributed by atoms with E-state index in [2.05, 4.69) is 0 Å². The van der Waals surface area contributed by atoms with Gasteiger partial charge >= 0.3 is 5.97 Å². The zero-order valence-electron chi connectivity index (χ0n) is 4.70. The van der Waals surface area contributed by atoms with E-state index in [1.165, 1.54) is 0 Å². The highest BCUT2D eigenvalue weighted by Crippen LogP contribution is 2.07. The fourth-order valence-electron chi connectivity index (χ4n) is 0.157. The molecule has 0 saturated carbocycles. The average molecular weight is 170 g/mol. The Hall–Kier alpha value is -0.230. The van der Waals surface area contributed by atoms with Crippen molar-refractivity contribution in [2.24, 2.45) is 0 Å². The number of carboxylic acids is 1. The summed E-state index contributed by atoms with van der Waals surface area (Å²) in [5, 5.41) is 7.99. The molecule has 0 amide bonds. The third kappa shape index (κ3) is 7.77. The molecule has 0 aromatic rings. The first-order valence-corrected chi connectivity index (χ1v) is 5.37. The summed E-state index contributed by atoms with van der Waals surface area (Å²) < 4.78 is 20.5. The number of rotatable bonds is 3. The molecule has 1 N–H and O–H groups in total. The van der Waals surface area contributed by atoms with Gasteiger partial charge in [0.25, 0.3) is 0 Å². The average Bonchev–Trinajstić information content (AvgIpc) is 1.59. The van der Waals surface area contributed by atoms with Gasteiger partial charge in [0.2, 0.25) is 0 Å². The van der Waals surface area contributed by atoms with Gasteiger partial charge in [-0.15, -0.1) is 0 Å². The molecule has 6 heteroatoms. The lowest BCUT2D eigenvalue weighted by atomic mass is 10.8. The van der Waals surface area contributed by atoms with Crippen molar-refractivity contribution in [1.82, 2.24) is 0 Å². The Labute approximate surface area is 56.6 Å². The maximum Gasteiger partial charge on any atom is 0.314 e. The topological polar surface area (TPSA) is 71.4 Å². The highest BCUT2D eigenvalue weighted by atomic mass is 33.1. The van der Waals surface area contributed by atoms with Gasteiger partial charge in [0.1, 0.15) is 5.75 Å². The number of hydrogen-bond acceptors (Lipinski definition) is 4. The van der Waals surface area contributed by atoms with Crippen LogP contribution < -0.4 is 0 Å². The standard InChI is InChI=1S/C3H6O4S2/c1-9(6,7)8-2-3(4)5/h2H2,1H3,(H,4,5). The normalized spacial score (nSPS) is 11.2. The fraction of sp³-hybridized carbons (Fsp3) is 0.667. The molecule has 0 heterocycles. The lowest BCUT2D eigenvalue weighted by Crippen LogP contribution is -2.01. The molecular formula is C3H6O4S2. The van der Waals surface area contributed by atoms with Gasteiger partial charge in [-0.2, -0.15) is 0 Å². The Kier molecular flexibility index (Phi) is 2.99. The van der Waals surface area contributed by atoms with Crippen molar-refractivity contribution in [3.63, 3.8) is 0 Å². The van der Waals surface area contributed by atoms with E-state index >= 15 is 0 Å². The van der Waals surface area contributed by atoms with E-state index in [0.717, 1.165) is 6.26 Å². The third-order valence-corrected chi connectivity index (χ3v) is 2.83. The summed E-state index contributed by atoms with van der Waals surface area (Å²) in [7, 11) is -2.77. The van der Waals surface area contributed by atoms with Crippen LogP contribution in [-0.2, 0) is 13.7 Å². The predicted molar refractivity (Wildman–Crippen MR) is 34.9 cm³/mol. The van der Waals surface area contributed by atoms with Crippen LogP contribution in [-0.4, -0.2) is 31.5 Å². The van der Waals surface area contributed by atoms with Gasteiger partial charge in [0.05, 0.1) is 0 Å². The van der Waals surface area contributed by atoms with E-state index in [4.69, 9.17) is 5.11 Å². The Morgan fingerprint density at radius 3 is 2.22 bits per heavy atom. The van der Waals surface area contributed by atoms with Crippen LogP contribution in [0.3, 0.4) is 0 Å². The summed E-state index contributed by atoms with van der Waals surface area (Å²) in [6.07, 6.45) is 0.973.